The molecule has 2 N–H and O–H groups in total. The number of oxazole rings is 1. The highest BCUT2D eigenvalue weighted by molar-refractivity contribution is 5.97. The number of benzene rings is 1. The van der Waals surface area contributed by atoms with Gasteiger partial charge in [-0.3, -0.25) is 4.79 Å². The number of aliphatic hydroxyl groups excluding tert-OH is 1. The second-order valence-electron chi connectivity index (χ2n) is 5.12. The number of nitrogens with zero attached hydrogens (tertiary/aromatic N) is 1. The average molecular weight is 290 g/mol. The molecule has 1 amide bonds. The minimum Gasteiger partial charge on any atom is -0.443 e. The fourth-order valence-electron chi connectivity index (χ4n) is 2.56. The summed E-state index contributed by atoms with van der Waals surface area (Å²) in [5.41, 5.74) is 0.715. The first-order chi connectivity index (χ1) is 10.1. The maximum absolute atomic E-state index is 12.9. The normalized spacial score (nSPS) is 21.4. The van der Waals surface area contributed by atoms with Gasteiger partial charge in [-0.05, 0) is 43.5 Å². The van der Waals surface area contributed by atoms with E-state index in [2.05, 4.69) is 10.3 Å². The van der Waals surface area contributed by atoms with Crippen molar-refractivity contribution in [3.05, 3.63) is 42.2 Å². The smallest absolute Gasteiger partial charge is 0.274 e. The highest BCUT2D eigenvalue weighted by atomic mass is 19.1. The maximum Gasteiger partial charge on any atom is 0.274 e. The zero-order valence-electron chi connectivity index (χ0n) is 11.3. The highest BCUT2D eigenvalue weighted by Crippen LogP contribution is 2.24. The number of carbonyl (C=O) groups excluding carboxylic acids is 1. The van der Waals surface area contributed by atoms with Gasteiger partial charge in [0.15, 0.2) is 17.8 Å². The van der Waals surface area contributed by atoms with Gasteiger partial charge in [-0.25, -0.2) is 9.37 Å². The molecule has 1 aromatic carbocycles. The lowest BCUT2D eigenvalue weighted by molar-refractivity contribution is 0.0869. The molecule has 1 saturated carbocycles. The third-order valence-electron chi connectivity index (χ3n) is 3.68. The lowest BCUT2D eigenvalue weighted by atomic mass is 10.1. The predicted molar refractivity (Wildman–Crippen MR) is 73.0 cm³/mol. The molecular weight excluding hydrogens is 275 g/mol. The van der Waals surface area contributed by atoms with Gasteiger partial charge in [0, 0.05) is 5.56 Å². The predicted octanol–water partition coefficient (Wildman–Crippen LogP) is 2.12. The molecule has 0 unspecified atom stereocenters. The SMILES string of the molecule is O=C(N[C@@H]1CCC[C@H]1O)c1ncoc1-c1ccc(F)cc1. The van der Waals surface area contributed by atoms with Crippen LogP contribution in [-0.4, -0.2) is 28.1 Å². The van der Waals surface area contributed by atoms with E-state index in [1.54, 1.807) is 0 Å². The first-order valence-corrected chi connectivity index (χ1v) is 6.83. The lowest BCUT2D eigenvalue weighted by Crippen LogP contribution is -2.40. The number of amides is 1. The molecule has 0 aliphatic heterocycles. The van der Waals surface area contributed by atoms with Gasteiger partial charge in [0.25, 0.3) is 5.91 Å². The topological polar surface area (TPSA) is 75.4 Å². The number of halogens is 1. The number of aromatic nitrogens is 1. The van der Waals surface area contributed by atoms with Gasteiger partial charge in [0.2, 0.25) is 0 Å². The summed E-state index contributed by atoms with van der Waals surface area (Å²) in [5, 5.41) is 12.5. The summed E-state index contributed by atoms with van der Waals surface area (Å²) in [6, 6.07) is 5.38. The van der Waals surface area contributed by atoms with Gasteiger partial charge in [0.05, 0.1) is 12.1 Å². The molecule has 5 nitrogen and oxygen atoms in total. The highest BCUT2D eigenvalue weighted by Gasteiger charge is 2.28. The van der Waals surface area contributed by atoms with E-state index in [0.717, 1.165) is 12.8 Å². The van der Waals surface area contributed by atoms with Crippen LogP contribution in [0.3, 0.4) is 0 Å². The summed E-state index contributed by atoms with van der Waals surface area (Å²) >= 11 is 0. The fraction of sp³-hybridized carbons (Fsp3) is 0.333. The van der Waals surface area contributed by atoms with Gasteiger partial charge in [-0.2, -0.15) is 0 Å². The molecular formula is C15H15FN2O3. The first-order valence-electron chi connectivity index (χ1n) is 6.83. The van der Waals surface area contributed by atoms with E-state index in [-0.39, 0.29) is 17.6 Å². The molecule has 0 radical (unpaired) electrons. The van der Waals surface area contributed by atoms with Crippen LogP contribution in [0.15, 0.2) is 35.1 Å². The Kier molecular flexibility index (Phi) is 3.70. The molecule has 6 heteroatoms. The van der Waals surface area contributed by atoms with Crippen molar-refractivity contribution in [2.24, 2.45) is 0 Å². The van der Waals surface area contributed by atoms with Crippen LogP contribution in [0.2, 0.25) is 0 Å². The molecule has 1 aliphatic carbocycles. The molecule has 0 spiro atoms. The van der Waals surface area contributed by atoms with E-state index in [1.807, 2.05) is 0 Å². The molecule has 2 aromatic rings. The summed E-state index contributed by atoms with van der Waals surface area (Å²) in [4.78, 5) is 16.2. The number of aliphatic hydroxyl groups is 1. The molecule has 110 valence electrons. The molecule has 3 rings (SSSR count). The second kappa shape index (κ2) is 5.65. The zero-order chi connectivity index (χ0) is 14.8. The third-order valence-corrected chi connectivity index (χ3v) is 3.68. The quantitative estimate of drug-likeness (QED) is 0.908. The van der Waals surface area contributed by atoms with Crippen LogP contribution in [-0.2, 0) is 0 Å². The molecule has 1 aliphatic rings. The Hall–Kier alpha value is -2.21. The fourth-order valence-corrected chi connectivity index (χ4v) is 2.56. The second-order valence-corrected chi connectivity index (χ2v) is 5.12. The zero-order valence-corrected chi connectivity index (χ0v) is 11.3. The average Bonchev–Trinajstić information content (AvgIpc) is 3.09. The monoisotopic (exact) mass is 290 g/mol. The molecule has 0 bridgehead atoms. The number of rotatable bonds is 3. The van der Waals surface area contributed by atoms with Crippen molar-refractivity contribution in [2.45, 2.75) is 31.4 Å². The molecule has 21 heavy (non-hydrogen) atoms. The Morgan fingerprint density at radius 2 is 2.10 bits per heavy atom. The van der Waals surface area contributed by atoms with E-state index in [1.165, 1.54) is 30.7 Å². The van der Waals surface area contributed by atoms with Crippen LogP contribution in [0.5, 0.6) is 0 Å². The summed E-state index contributed by atoms with van der Waals surface area (Å²) in [7, 11) is 0. The van der Waals surface area contributed by atoms with E-state index < -0.39 is 12.0 Å². The van der Waals surface area contributed by atoms with Crippen molar-refractivity contribution in [2.75, 3.05) is 0 Å². The maximum atomic E-state index is 12.9. The molecule has 1 heterocycles. The van der Waals surface area contributed by atoms with Crippen molar-refractivity contribution in [1.29, 1.82) is 0 Å². The number of hydrogen-bond acceptors (Lipinski definition) is 4. The summed E-state index contributed by atoms with van der Waals surface area (Å²) in [6.45, 7) is 0. The van der Waals surface area contributed by atoms with Gasteiger partial charge in [0.1, 0.15) is 5.82 Å². The molecule has 1 aromatic heterocycles. The number of carbonyl (C=O) groups is 1. The van der Waals surface area contributed by atoms with Crippen LogP contribution < -0.4 is 5.32 Å². The van der Waals surface area contributed by atoms with Gasteiger partial charge < -0.3 is 14.8 Å². The van der Waals surface area contributed by atoms with E-state index in [0.29, 0.717) is 17.7 Å². The molecule has 0 saturated heterocycles. The largest absolute Gasteiger partial charge is 0.443 e. The van der Waals surface area contributed by atoms with Crippen molar-refractivity contribution in [3.8, 4) is 11.3 Å². The van der Waals surface area contributed by atoms with Crippen molar-refractivity contribution < 1.29 is 18.7 Å². The first kappa shape index (κ1) is 13.8. The van der Waals surface area contributed by atoms with Gasteiger partial charge >= 0.3 is 0 Å². The standard InChI is InChI=1S/C15H15FN2O3/c16-10-6-4-9(5-7-10)14-13(17-8-21-14)15(20)18-11-2-1-3-12(11)19/h4-8,11-12,19H,1-3H2,(H,18,20)/t11-,12-/m1/s1. The summed E-state index contributed by atoms with van der Waals surface area (Å²) < 4.78 is 18.2. The minimum atomic E-state index is -0.518. The van der Waals surface area contributed by atoms with Crippen LogP contribution in [0.1, 0.15) is 29.8 Å². The van der Waals surface area contributed by atoms with Gasteiger partial charge in [-0.1, -0.05) is 0 Å². The Bertz CT molecular complexity index is 639. The van der Waals surface area contributed by atoms with Crippen LogP contribution in [0.4, 0.5) is 4.39 Å². The number of hydrogen-bond donors (Lipinski definition) is 2. The van der Waals surface area contributed by atoms with Crippen LogP contribution in [0.25, 0.3) is 11.3 Å². The Morgan fingerprint density at radius 1 is 1.33 bits per heavy atom. The van der Waals surface area contributed by atoms with Gasteiger partial charge in [-0.15, -0.1) is 0 Å². The number of nitrogens with one attached hydrogen (secondary N) is 1. The Balaban J connectivity index is 1.81. The third kappa shape index (κ3) is 2.80. The Morgan fingerprint density at radius 3 is 2.76 bits per heavy atom. The molecule has 2 atom stereocenters. The van der Waals surface area contributed by atoms with E-state index in [9.17, 15) is 14.3 Å². The minimum absolute atomic E-state index is 0.140. The summed E-state index contributed by atoms with van der Waals surface area (Å²) in [6.07, 6.45) is 2.98. The van der Waals surface area contributed by atoms with Crippen molar-refractivity contribution >= 4 is 5.91 Å². The van der Waals surface area contributed by atoms with E-state index in [4.69, 9.17) is 4.42 Å². The summed E-state index contributed by atoms with van der Waals surface area (Å²) in [5.74, 6) is -0.465. The Labute approximate surface area is 120 Å². The van der Waals surface area contributed by atoms with Crippen LogP contribution >= 0.6 is 0 Å². The van der Waals surface area contributed by atoms with Crippen molar-refractivity contribution in [3.63, 3.8) is 0 Å². The lowest BCUT2D eigenvalue weighted by Gasteiger charge is -2.15. The van der Waals surface area contributed by atoms with E-state index >= 15 is 0 Å². The van der Waals surface area contributed by atoms with Crippen LogP contribution in [0, 0.1) is 5.82 Å². The van der Waals surface area contributed by atoms with Crippen molar-refractivity contribution in [1.82, 2.24) is 10.3 Å². The molecule has 1 fully saturated rings.